The summed E-state index contributed by atoms with van der Waals surface area (Å²) < 4.78 is 6.42. The zero-order valence-electron chi connectivity index (χ0n) is 19.5. The molecule has 2 heteroatoms. The Labute approximate surface area is 176 Å². The Morgan fingerprint density at radius 3 is 1.74 bits per heavy atom. The second-order valence-corrected chi connectivity index (χ2v) is 28.8. The summed E-state index contributed by atoms with van der Waals surface area (Å²) >= 11 is -2.14. The van der Waals surface area contributed by atoms with E-state index in [1.165, 1.54) is 49.7 Å². The molecule has 1 aromatic carbocycles. The molecule has 0 aliphatic rings. The van der Waals surface area contributed by atoms with Gasteiger partial charge in [0.05, 0.1) is 0 Å². The van der Waals surface area contributed by atoms with E-state index in [0.717, 1.165) is 0 Å². The molecule has 0 radical (unpaired) electrons. The van der Waals surface area contributed by atoms with Gasteiger partial charge in [0.15, 0.2) is 0 Å². The third-order valence-electron chi connectivity index (χ3n) is 6.23. The molecule has 0 spiro atoms. The van der Waals surface area contributed by atoms with Crippen molar-refractivity contribution in [2.75, 3.05) is 0 Å². The summed E-state index contributed by atoms with van der Waals surface area (Å²) in [5.41, 5.74) is 2.90. The van der Waals surface area contributed by atoms with E-state index in [1.54, 1.807) is 17.7 Å². The van der Waals surface area contributed by atoms with Crippen LogP contribution in [-0.2, 0) is 0 Å². The third kappa shape index (κ3) is 8.89. The van der Waals surface area contributed by atoms with E-state index >= 15 is 0 Å². The number of allylic oxidation sites excluding steroid dienone is 1. The Kier molecular flexibility index (Phi) is 11.6. The Morgan fingerprint density at radius 1 is 0.852 bits per heavy atom. The van der Waals surface area contributed by atoms with E-state index in [2.05, 4.69) is 77.7 Å². The number of rotatable bonds is 13. The summed E-state index contributed by atoms with van der Waals surface area (Å²) in [6.07, 6.45) is 11.2. The minimum atomic E-state index is -2.14. The van der Waals surface area contributed by atoms with Gasteiger partial charge in [0.2, 0.25) is 0 Å². The summed E-state index contributed by atoms with van der Waals surface area (Å²) in [7, 11) is -1.31. The minimum absolute atomic E-state index is 1.31. The molecule has 0 saturated heterocycles. The number of benzene rings is 1. The van der Waals surface area contributed by atoms with Crippen LogP contribution in [0.4, 0.5) is 0 Å². The van der Waals surface area contributed by atoms with Gasteiger partial charge < -0.3 is 0 Å². The normalized spacial score (nSPS) is 13.2. The second-order valence-electron chi connectivity index (χ2n) is 9.76. The van der Waals surface area contributed by atoms with E-state index in [0.29, 0.717) is 0 Å². The van der Waals surface area contributed by atoms with Gasteiger partial charge in [-0.2, -0.15) is 0 Å². The molecule has 1 aromatic rings. The standard InChI is InChI=1S/C13H19Si.3C4H9.Sn/c1-11-8-6-7-9-13(11)10-12(2)14(3,4)5;3*1-3-4-2;/h6-10H,2H2,1,3-5H3;3*1,3-4H2,2H3;/b12-10+;;;;. The molecule has 0 atom stereocenters. The molecular weight excluding hydrogens is 447 g/mol. The number of hydrogen-bond acceptors (Lipinski definition) is 0. The Morgan fingerprint density at radius 2 is 1.33 bits per heavy atom. The first-order valence-corrected chi connectivity index (χ1v) is 23.1. The van der Waals surface area contributed by atoms with Crippen LogP contribution in [0.1, 0.15) is 70.4 Å². The number of hydrogen-bond donors (Lipinski definition) is 0. The van der Waals surface area contributed by atoms with Gasteiger partial charge in [-0.05, 0) is 0 Å². The van der Waals surface area contributed by atoms with Crippen LogP contribution in [0.2, 0.25) is 37.4 Å². The maximum atomic E-state index is 2.64. The van der Waals surface area contributed by atoms with Gasteiger partial charge in [-0.25, -0.2) is 0 Å². The zero-order valence-corrected chi connectivity index (χ0v) is 23.3. The number of aryl methyl sites for hydroxylation is 1. The van der Waals surface area contributed by atoms with Crippen LogP contribution in [0.3, 0.4) is 0 Å². The van der Waals surface area contributed by atoms with Crippen molar-refractivity contribution in [2.24, 2.45) is 0 Å². The van der Waals surface area contributed by atoms with Crippen molar-refractivity contribution in [3.8, 4) is 0 Å². The topological polar surface area (TPSA) is 0 Å². The first kappa shape index (κ1) is 25.0. The van der Waals surface area contributed by atoms with Gasteiger partial charge in [0, 0.05) is 0 Å². The van der Waals surface area contributed by atoms with Gasteiger partial charge in [-0.1, -0.05) is 0 Å². The van der Waals surface area contributed by atoms with Crippen LogP contribution in [0, 0.1) is 6.92 Å². The predicted octanol–water partition coefficient (Wildman–Crippen LogP) is 9.10. The molecule has 0 heterocycles. The predicted molar refractivity (Wildman–Crippen MR) is 132 cm³/mol. The molecule has 27 heavy (non-hydrogen) atoms. The first-order valence-electron chi connectivity index (χ1n) is 11.5. The van der Waals surface area contributed by atoms with Crippen LogP contribution in [-0.4, -0.2) is 26.5 Å². The van der Waals surface area contributed by atoms with Gasteiger partial charge in [0.1, 0.15) is 0 Å². The van der Waals surface area contributed by atoms with Crippen molar-refractivity contribution in [1.82, 2.24) is 0 Å². The molecule has 0 fully saturated rings. The molecule has 0 nitrogen and oxygen atoms in total. The van der Waals surface area contributed by atoms with Crippen molar-refractivity contribution in [3.63, 3.8) is 0 Å². The van der Waals surface area contributed by atoms with E-state index < -0.39 is 26.5 Å². The van der Waals surface area contributed by atoms with Gasteiger partial charge in [-0.3, -0.25) is 0 Å². The van der Waals surface area contributed by atoms with Crippen molar-refractivity contribution < 1.29 is 0 Å². The van der Waals surface area contributed by atoms with Gasteiger partial charge in [0.25, 0.3) is 0 Å². The Bertz CT molecular complexity index is 546. The van der Waals surface area contributed by atoms with Crippen LogP contribution < -0.4 is 0 Å². The molecule has 154 valence electrons. The van der Waals surface area contributed by atoms with Crippen LogP contribution >= 0.6 is 0 Å². The Balaban J connectivity index is 3.28. The first-order chi connectivity index (χ1) is 12.8. The fourth-order valence-electron chi connectivity index (χ4n) is 4.17. The molecular formula is C25H46SiSn. The molecule has 0 aliphatic heterocycles. The molecule has 1 rings (SSSR count). The molecule has 0 saturated carbocycles. The SMILES string of the molecule is CCC[CH2][Sn]([CH2]CCC)([CH2]CCC)[CH2]/C(=C\c1ccccc1C)[Si](C)(C)C. The summed E-state index contributed by atoms with van der Waals surface area (Å²) in [6.45, 7) is 17.2. The van der Waals surface area contributed by atoms with Gasteiger partial charge >= 0.3 is 177 Å². The summed E-state index contributed by atoms with van der Waals surface area (Å²) in [5.74, 6) is 0. The van der Waals surface area contributed by atoms with E-state index in [1.807, 2.05) is 5.20 Å². The molecule has 0 bridgehead atoms. The van der Waals surface area contributed by atoms with Crippen LogP contribution in [0.25, 0.3) is 6.08 Å². The van der Waals surface area contributed by atoms with Crippen LogP contribution in [0.15, 0.2) is 29.5 Å². The van der Waals surface area contributed by atoms with Gasteiger partial charge in [-0.15, -0.1) is 0 Å². The summed E-state index contributed by atoms with van der Waals surface area (Å²) in [5, 5.41) is 1.87. The molecule has 0 aliphatic carbocycles. The van der Waals surface area contributed by atoms with E-state index in [4.69, 9.17) is 0 Å². The average Bonchev–Trinajstić information content (AvgIpc) is 2.63. The average molecular weight is 493 g/mol. The van der Waals surface area contributed by atoms with E-state index in [-0.39, 0.29) is 0 Å². The summed E-state index contributed by atoms with van der Waals surface area (Å²) in [6, 6.07) is 8.99. The molecule has 0 unspecified atom stereocenters. The fraction of sp³-hybridized carbons (Fsp3) is 0.680. The summed E-state index contributed by atoms with van der Waals surface area (Å²) in [4.78, 5) is 0. The zero-order chi connectivity index (χ0) is 20.3. The van der Waals surface area contributed by atoms with E-state index in [9.17, 15) is 0 Å². The molecule has 0 amide bonds. The monoisotopic (exact) mass is 494 g/mol. The second kappa shape index (κ2) is 12.5. The maximum absolute atomic E-state index is 2.64. The van der Waals surface area contributed by atoms with Crippen molar-refractivity contribution in [2.45, 2.75) is 104 Å². The van der Waals surface area contributed by atoms with Crippen molar-refractivity contribution in [3.05, 3.63) is 40.6 Å². The quantitative estimate of drug-likeness (QED) is 0.241. The third-order valence-corrected chi connectivity index (χ3v) is 24.8. The fourth-order valence-corrected chi connectivity index (χ4v) is 28.0. The van der Waals surface area contributed by atoms with Crippen LogP contribution in [0.5, 0.6) is 0 Å². The Hall–Kier alpha value is -0.0244. The molecule has 0 aromatic heterocycles. The molecule has 0 N–H and O–H groups in total. The number of unbranched alkanes of at least 4 members (excludes halogenated alkanes) is 3. The van der Waals surface area contributed by atoms with Crippen molar-refractivity contribution in [1.29, 1.82) is 0 Å². The van der Waals surface area contributed by atoms with Crippen molar-refractivity contribution >= 4 is 32.5 Å².